The Hall–Kier alpha value is -1.01. The van der Waals surface area contributed by atoms with E-state index in [0.717, 1.165) is 15.3 Å². The van der Waals surface area contributed by atoms with E-state index in [9.17, 15) is 14.0 Å². The number of hydrogen-bond acceptors (Lipinski definition) is 5. The third kappa shape index (κ3) is 4.49. The highest BCUT2D eigenvalue weighted by molar-refractivity contribution is 14.1. The molecule has 1 amide bonds. The van der Waals surface area contributed by atoms with Crippen molar-refractivity contribution in [2.24, 2.45) is 10.2 Å². The zero-order valence-electron chi connectivity index (χ0n) is 10.7. The summed E-state index contributed by atoms with van der Waals surface area (Å²) in [6.45, 7) is 0. The van der Waals surface area contributed by atoms with Crippen LogP contribution in [-0.4, -0.2) is 33.6 Å². The molecule has 0 radical (unpaired) electrons. The Bertz CT molecular complexity index is 698. The summed E-state index contributed by atoms with van der Waals surface area (Å²) in [6.07, 6.45) is 0.937. The standard InChI is InChI=1S/C12H8BrFIN3O3S/c13-6-2-7(14)5(1-8(6)15)4-16-18-12-17-11(21)9(22-12)3-10(19)20/h1-2,4,9H,3H2,(H,19,20)(H,17,18,21). The fraction of sp³-hybridized carbons (Fsp3) is 0.167. The second kappa shape index (κ2) is 7.51. The molecule has 6 nitrogen and oxygen atoms in total. The van der Waals surface area contributed by atoms with E-state index in [1.54, 1.807) is 6.07 Å². The monoisotopic (exact) mass is 499 g/mol. The van der Waals surface area contributed by atoms with E-state index < -0.39 is 22.9 Å². The lowest BCUT2D eigenvalue weighted by molar-refractivity contribution is -0.138. The van der Waals surface area contributed by atoms with Crippen LogP contribution in [0, 0.1) is 9.39 Å². The summed E-state index contributed by atoms with van der Waals surface area (Å²) in [5, 5.41) is 18.1. The maximum absolute atomic E-state index is 13.7. The largest absolute Gasteiger partial charge is 0.481 e. The van der Waals surface area contributed by atoms with Crippen molar-refractivity contribution >= 4 is 73.5 Å². The Balaban J connectivity index is 2.08. The van der Waals surface area contributed by atoms with Gasteiger partial charge in [0, 0.05) is 13.6 Å². The summed E-state index contributed by atoms with van der Waals surface area (Å²) in [4.78, 5) is 22.1. The fourth-order valence-electron chi connectivity index (χ4n) is 1.53. The first-order chi connectivity index (χ1) is 10.4. The van der Waals surface area contributed by atoms with Crippen LogP contribution in [0.4, 0.5) is 4.39 Å². The second-order valence-corrected chi connectivity index (χ2v) is 7.34. The van der Waals surface area contributed by atoms with E-state index in [1.807, 2.05) is 22.6 Å². The number of carbonyl (C=O) groups excluding carboxylic acids is 1. The minimum atomic E-state index is -1.07. The number of amidine groups is 1. The van der Waals surface area contributed by atoms with Gasteiger partial charge in [-0.05, 0) is 50.7 Å². The van der Waals surface area contributed by atoms with Crippen LogP contribution >= 0.6 is 50.3 Å². The molecule has 2 N–H and O–H groups in total. The zero-order valence-corrected chi connectivity index (χ0v) is 15.3. The SMILES string of the molecule is O=C(O)CC1SC(=NN=Cc2cc(I)c(Br)cc2F)NC1=O. The average molecular weight is 500 g/mol. The molecule has 1 aromatic carbocycles. The first kappa shape index (κ1) is 17.3. The first-order valence-corrected chi connectivity index (χ1v) is 8.57. The van der Waals surface area contributed by atoms with Crippen LogP contribution < -0.4 is 5.32 Å². The summed E-state index contributed by atoms with van der Waals surface area (Å²) in [5.74, 6) is -1.95. The predicted octanol–water partition coefficient (Wildman–Crippen LogP) is 2.59. The number of amides is 1. The molecule has 1 aromatic rings. The number of carboxylic acid groups (broad SMARTS) is 1. The Morgan fingerprint density at radius 1 is 1.59 bits per heavy atom. The van der Waals surface area contributed by atoms with Gasteiger partial charge in [0.05, 0.1) is 12.6 Å². The van der Waals surface area contributed by atoms with E-state index in [-0.39, 0.29) is 17.2 Å². The van der Waals surface area contributed by atoms with E-state index in [2.05, 4.69) is 31.4 Å². The highest BCUT2D eigenvalue weighted by Crippen LogP contribution is 2.23. The third-order valence-electron chi connectivity index (χ3n) is 2.52. The third-order valence-corrected chi connectivity index (χ3v) is 5.88. The lowest BCUT2D eigenvalue weighted by Gasteiger charge is -1.99. The quantitative estimate of drug-likeness (QED) is 0.288. The van der Waals surface area contributed by atoms with Gasteiger partial charge in [0.25, 0.3) is 0 Å². The molecule has 0 saturated carbocycles. The lowest BCUT2D eigenvalue weighted by Crippen LogP contribution is -2.26. The molecule has 116 valence electrons. The lowest BCUT2D eigenvalue weighted by atomic mass is 10.2. The summed E-state index contributed by atoms with van der Waals surface area (Å²) in [6, 6.07) is 2.92. The molecule has 2 rings (SSSR count). The van der Waals surface area contributed by atoms with Crippen LogP contribution in [0.2, 0.25) is 0 Å². The van der Waals surface area contributed by atoms with E-state index >= 15 is 0 Å². The molecule has 0 aromatic heterocycles. The van der Waals surface area contributed by atoms with Crippen LogP contribution in [0.25, 0.3) is 0 Å². The van der Waals surface area contributed by atoms with Gasteiger partial charge in [0.15, 0.2) is 5.17 Å². The van der Waals surface area contributed by atoms with Crippen LogP contribution in [0.3, 0.4) is 0 Å². The van der Waals surface area contributed by atoms with Gasteiger partial charge in [-0.25, -0.2) is 4.39 Å². The minimum Gasteiger partial charge on any atom is -0.481 e. The van der Waals surface area contributed by atoms with Crippen molar-refractivity contribution in [2.75, 3.05) is 0 Å². The van der Waals surface area contributed by atoms with Crippen molar-refractivity contribution in [1.29, 1.82) is 0 Å². The van der Waals surface area contributed by atoms with Gasteiger partial charge in [0.2, 0.25) is 5.91 Å². The number of thioether (sulfide) groups is 1. The highest BCUT2D eigenvalue weighted by atomic mass is 127. The van der Waals surface area contributed by atoms with E-state index in [0.29, 0.717) is 4.47 Å². The van der Waals surface area contributed by atoms with Crippen LogP contribution in [-0.2, 0) is 9.59 Å². The molecule has 1 aliphatic heterocycles. The van der Waals surface area contributed by atoms with Crippen molar-refractivity contribution in [1.82, 2.24) is 5.32 Å². The average Bonchev–Trinajstić information content (AvgIpc) is 2.75. The maximum Gasteiger partial charge on any atom is 0.305 e. The molecule has 1 unspecified atom stereocenters. The Morgan fingerprint density at radius 3 is 3.00 bits per heavy atom. The fourth-order valence-corrected chi connectivity index (χ4v) is 3.25. The normalized spacial score (nSPS) is 19.9. The number of nitrogens with one attached hydrogen (secondary N) is 1. The van der Waals surface area contributed by atoms with Crippen LogP contribution in [0.5, 0.6) is 0 Å². The molecule has 1 aliphatic rings. The molecule has 22 heavy (non-hydrogen) atoms. The molecule has 0 spiro atoms. The number of benzene rings is 1. The number of carbonyl (C=O) groups is 2. The number of nitrogens with zero attached hydrogens (tertiary/aromatic N) is 2. The van der Waals surface area contributed by atoms with Crippen molar-refractivity contribution < 1.29 is 19.1 Å². The van der Waals surface area contributed by atoms with E-state index in [4.69, 9.17) is 5.11 Å². The number of carboxylic acids is 1. The van der Waals surface area contributed by atoms with Gasteiger partial charge in [-0.1, -0.05) is 11.8 Å². The predicted molar refractivity (Wildman–Crippen MR) is 93.6 cm³/mol. The Labute approximate surface area is 150 Å². The van der Waals surface area contributed by atoms with Crippen molar-refractivity contribution in [3.63, 3.8) is 0 Å². The zero-order chi connectivity index (χ0) is 16.3. The van der Waals surface area contributed by atoms with Crippen molar-refractivity contribution in [2.45, 2.75) is 11.7 Å². The molecular formula is C12H8BrFIN3O3S. The topological polar surface area (TPSA) is 91.1 Å². The Morgan fingerprint density at radius 2 is 2.32 bits per heavy atom. The van der Waals surface area contributed by atoms with Gasteiger partial charge in [0.1, 0.15) is 11.1 Å². The van der Waals surface area contributed by atoms with Gasteiger partial charge < -0.3 is 10.4 Å². The van der Waals surface area contributed by atoms with Crippen molar-refractivity contribution in [3.05, 3.63) is 31.6 Å². The van der Waals surface area contributed by atoms with Crippen LogP contribution in [0.15, 0.2) is 26.8 Å². The molecule has 1 fully saturated rings. The first-order valence-electron chi connectivity index (χ1n) is 5.81. The van der Waals surface area contributed by atoms with Crippen LogP contribution in [0.1, 0.15) is 12.0 Å². The molecule has 0 bridgehead atoms. The number of hydrogen-bond donors (Lipinski definition) is 2. The van der Waals surface area contributed by atoms with Gasteiger partial charge in [-0.2, -0.15) is 5.10 Å². The van der Waals surface area contributed by atoms with Crippen molar-refractivity contribution in [3.8, 4) is 0 Å². The highest BCUT2D eigenvalue weighted by Gasteiger charge is 2.32. The van der Waals surface area contributed by atoms with Gasteiger partial charge in [-0.3, -0.25) is 9.59 Å². The van der Waals surface area contributed by atoms with Gasteiger partial charge >= 0.3 is 5.97 Å². The minimum absolute atomic E-state index is 0.194. The smallest absolute Gasteiger partial charge is 0.305 e. The number of halogens is 3. The summed E-state index contributed by atoms with van der Waals surface area (Å²) >= 11 is 6.25. The Kier molecular flexibility index (Phi) is 5.92. The van der Waals surface area contributed by atoms with Gasteiger partial charge in [-0.15, -0.1) is 5.10 Å². The molecule has 1 heterocycles. The maximum atomic E-state index is 13.7. The summed E-state index contributed by atoms with van der Waals surface area (Å²) in [7, 11) is 0. The molecule has 10 heteroatoms. The second-order valence-electron chi connectivity index (χ2n) is 4.13. The summed E-state index contributed by atoms with van der Waals surface area (Å²) in [5.41, 5.74) is 0.258. The molecule has 0 aliphatic carbocycles. The van der Waals surface area contributed by atoms with E-state index in [1.165, 1.54) is 12.3 Å². The number of rotatable bonds is 4. The number of aliphatic carboxylic acids is 1. The molecule has 1 atom stereocenters. The molecular weight excluding hydrogens is 492 g/mol. The summed E-state index contributed by atoms with van der Waals surface area (Å²) < 4.78 is 15.1. The molecule has 1 saturated heterocycles.